The molecule has 1 heterocycles. The van der Waals surface area contributed by atoms with E-state index < -0.39 is 0 Å². The maximum Gasteiger partial charge on any atom is 0.114 e. The van der Waals surface area contributed by atoms with Gasteiger partial charge in [-0.1, -0.05) is 17.7 Å². The first kappa shape index (κ1) is 11.9. The molecule has 3 heteroatoms. The third-order valence-electron chi connectivity index (χ3n) is 2.93. The molecule has 0 saturated carbocycles. The van der Waals surface area contributed by atoms with Crippen molar-refractivity contribution in [3.63, 3.8) is 0 Å². The molecule has 0 bridgehead atoms. The van der Waals surface area contributed by atoms with E-state index in [2.05, 4.69) is 46.9 Å². The Morgan fingerprint density at radius 3 is 2.82 bits per heavy atom. The van der Waals surface area contributed by atoms with E-state index in [4.69, 9.17) is 0 Å². The lowest BCUT2D eigenvalue weighted by Crippen LogP contribution is -2.13. The maximum absolute atomic E-state index is 4.42. The average Bonchev–Trinajstić information content (AvgIpc) is 2.74. The molecule has 1 aromatic heterocycles. The number of aromatic nitrogens is 2. The molecule has 0 fully saturated rings. The molecule has 2 rings (SSSR count). The molecule has 90 valence electrons. The minimum atomic E-state index is 0.941. The molecule has 0 atom stereocenters. The molecule has 0 radical (unpaired) electrons. The number of benzene rings is 1. The molecule has 0 aliphatic rings. The predicted octanol–water partition coefficient (Wildman–Crippen LogP) is 2.25. The third-order valence-corrected chi connectivity index (χ3v) is 2.93. The number of rotatable bonds is 4. The first-order chi connectivity index (χ1) is 8.22. The lowest BCUT2D eigenvalue weighted by Gasteiger charge is -2.11. The molecule has 0 amide bonds. The second-order valence-electron chi connectivity index (χ2n) is 4.36. The number of aryl methyl sites for hydroxylation is 2. The molecule has 0 aliphatic carbocycles. The third kappa shape index (κ3) is 2.56. The van der Waals surface area contributed by atoms with E-state index in [1.165, 1.54) is 16.8 Å². The van der Waals surface area contributed by atoms with E-state index in [1.807, 2.05) is 19.4 Å². The highest BCUT2D eigenvalue weighted by Gasteiger charge is 2.06. The number of hydrogen-bond acceptors (Lipinski definition) is 2. The van der Waals surface area contributed by atoms with Crippen molar-refractivity contribution >= 4 is 0 Å². The van der Waals surface area contributed by atoms with Crippen molar-refractivity contribution in [3.8, 4) is 5.69 Å². The summed E-state index contributed by atoms with van der Waals surface area (Å²) in [6.45, 7) is 5.21. The molecule has 0 aliphatic heterocycles. The van der Waals surface area contributed by atoms with Crippen LogP contribution in [0.4, 0.5) is 0 Å². The SMILES string of the molecule is CNCCc1nccn1-c1ccc(C)cc1C. The van der Waals surface area contributed by atoms with Gasteiger partial charge < -0.3 is 9.88 Å². The summed E-state index contributed by atoms with van der Waals surface area (Å²) >= 11 is 0. The highest BCUT2D eigenvalue weighted by molar-refractivity contribution is 5.43. The minimum absolute atomic E-state index is 0.941. The second-order valence-corrected chi connectivity index (χ2v) is 4.36. The monoisotopic (exact) mass is 229 g/mol. The summed E-state index contributed by atoms with van der Waals surface area (Å²) in [5, 5.41) is 3.16. The minimum Gasteiger partial charge on any atom is -0.319 e. The van der Waals surface area contributed by atoms with Gasteiger partial charge in [0.2, 0.25) is 0 Å². The van der Waals surface area contributed by atoms with Crippen LogP contribution in [0.15, 0.2) is 30.6 Å². The smallest absolute Gasteiger partial charge is 0.114 e. The Morgan fingerprint density at radius 1 is 1.29 bits per heavy atom. The summed E-state index contributed by atoms with van der Waals surface area (Å²) in [4.78, 5) is 4.42. The Hall–Kier alpha value is -1.61. The van der Waals surface area contributed by atoms with Gasteiger partial charge in [-0.25, -0.2) is 4.98 Å². The van der Waals surface area contributed by atoms with Crippen molar-refractivity contribution in [1.82, 2.24) is 14.9 Å². The van der Waals surface area contributed by atoms with Crippen LogP contribution in [0.2, 0.25) is 0 Å². The van der Waals surface area contributed by atoms with Gasteiger partial charge in [0.25, 0.3) is 0 Å². The van der Waals surface area contributed by atoms with Crippen LogP contribution in [0.1, 0.15) is 17.0 Å². The number of nitrogens with zero attached hydrogens (tertiary/aromatic N) is 2. The van der Waals surface area contributed by atoms with E-state index in [9.17, 15) is 0 Å². The zero-order chi connectivity index (χ0) is 12.3. The van der Waals surface area contributed by atoms with Gasteiger partial charge in [0.15, 0.2) is 0 Å². The van der Waals surface area contributed by atoms with Crippen LogP contribution >= 0.6 is 0 Å². The topological polar surface area (TPSA) is 29.9 Å². The summed E-state index contributed by atoms with van der Waals surface area (Å²) in [6.07, 6.45) is 4.84. The molecule has 1 N–H and O–H groups in total. The Bertz CT molecular complexity index is 500. The highest BCUT2D eigenvalue weighted by atomic mass is 15.1. The summed E-state index contributed by atoms with van der Waals surface area (Å²) in [6, 6.07) is 6.51. The summed E-state index contributed by atoms with van der Waals surface area (Å²) in [5.74, 6) is 1.10. The van der Waals surface area contributed by atoms with E-state index in [0.29, 0.717) is 0 Å². The van der Waals surface area contributed by atoms with E-state index in [1.54, 1.807) is 0 Å². The summed E-state index contributed by atoms with van der Waals surface area (Å²) < 4.78 is 2.17. The Kier molecular flexibility index (Phi) is 3.59. The Labute approximate surface area is 103 Å². The van der Waals surface area contributed by atoms with Gasteiger partial charge in [0.1, 0.15) is 5.82 Å². The van der Waals surface area contributed by atoms with Crippen molar-refractivity contribution in [2.24, 2.45) is 0 Å². The van der Waals surface area contributed by atoms with Crippen molar-refractivity contribution in [2.45, 2.75) is 20.3 Å². The van der Waals surface area contributed by atoms with Gasteiger partial charge in [0.05, 0.1) is 0 Å². The van der Waals surface area contributed by atoms with Crippen molar-refractivity contribution in [3.05, 3.63) is 47.5 Å². The standard InChI is InChI=1S/C14H19N3/c1-11-4-5-13(12(2)10-11)17-9-8-16-14(17)6-7-15-3/h4-5,8-10,15H,6-7H2,1-3H3. The molecule has 3 nitrogen and oxygen atoms in total. The maximum atomic E-state index is 4.42. The lowest BCUT2D eigenvalue weighted by atomic mass is 10.1. The Morgan fingerprint density at radius 2 is 2.12 bits per heavy atom. The number of nitrogens with one attached hydrogen (secondary N) is 1. The second kappa shape index (κ2) is 5.15. The molecule has 1 aromatic carbocycles. The molecule has 0 saturated heterocycles. The van der Waals surface area contributed by atoms with Gasteiger partial charge >= 0.3 is 0 Å². The van der Waals surface area contributed by atoms with Crippen molar-refractivity contribution < 1.29 is 0 Å². The van der Waals surface area contributed by atoms with E-state index >= 15 is 0 Å². The average molecular weight is 229 g/mol. The zero-order valence-corrected chi connectivity index (χ0v) is 10.7. The molecule has 2 aromatic rings. The molecule has 17 heavy (non-hydrogen) atoms. The van der Waals surface area contributed by atoms with E-state index in [0.717, 1.165) is 18.8 Å². The van der Waals surface area contributed by atoms with Gasteiger partial charge in [-0.2, -0.15) is 0 Å². The van der Waals surface area contributed by atoms with Crippen LogP contribution in [-0.2, 0) is 6.42 Å². The summed E-state index contributed by atoms with van der Waals surface area (Å²) in [7, 11) is 1.96. The van der Waals surface area contributed by atoms with Gasteiger partial charge in [-0.15, -0.1) is 0 Å². The molecule has 0 unspecified atom stereocenters. The normalized spacial score (nSPS) is 10.8. The fourth-order valence-corrected chi connectivity index (χ4v) is 2.05. The lowest BCUT2D eigenvalue weighted by molar-refractivity contribution is 0.743. The summed E-state index contributed by atoms with van der Waals surface area (Å²) in [5.41, 5.74) is 3.80. The predicted molar refractivity (Wildman–Crippen MR) is 70.7 cm³/mol. The van der Waals surface area contributed by atoms with Gasteiger partial charge in [-0.3, -0.25) is 0 Å². The quantitative estimate of drug-likeness (QED) is 0.871. The van der Waals surface area contributed by atoms with Gasteiger partial charge in [-0.05, 0) is 32.5 Å². The fraction of sp³-hybridized carbons (Fsp3) is 0.357. The van der Waals surface area contributed by atoms with Crippen LogP contribution in [0.3, 0.4) is 0 Å². The van der Waals surface area contributed by atoms with E-state index in [-0.39, 0.29) is 0 Å². The highest BCUT2D eigenvalue weighted by Crippen LogP contribution is 2.17. The fourth-order valence-electron chi connectivity index (χ4n) is 2.05. The largest absolute Gasteiger partial charge is 0.319 e. The van der Waals surface area contributed by atoms with Crippen molar-refractivity contribution in [1.29, 1.82) is 0 Å². The van der Waals surface area contributed by atoms with Crippen LogP contribution in [0.5, 0.6) is 0 Å². The Balaban J connectivity index is 2.35. The zero-order valence-electron chi connectivity index (χ0n) is 10.7. The van der Waals surface area contributed by atoms with Gasteiger partial charge in [0, 0.05) is 31.0 Å². The number of likely N-dealkylation sites (N-methyl/N-ethyl adjacent to an activating group) is 1. The molecular weight excluding hydrogens is 210 g/mol. The number of imidazole rings is 1. The number of hydrogen-bond donors (Lipinski definition) is 1. The first-order valence-corrected chi connectivity index (χ1v) is 5.97. The van der Waals surface area contributed by atoms with Crippen molar-refractivity contribution in [2.75, 3.05) is 13.6 Å². The van der Waals surface area contributed by atoms with Crippen LogP contribution in [-0.4, -0.2) is 23.1 Å². The molecule has 0 spiro atoms. The van der Waals surface area contributed by atoms with Crippen LogP contribution in [0.25, 0.3) is 5.69 Å². The first-order valence-electron chi connectivity index (χ1n) is 5.97. The van der Waals surface area contributed by atoms with Crippen LogP contribution < -0.4 is 5.32 Å². The van der Waals surface area contributed by atoms with Crippen LogP contribution in [0, 0.1) is 13.8 Å². The molecular formula is C14H19N3.